The summed E-state index contributed by atoms with van der Waals surface area (Å²) in [7, 11) is 0. The van der Waals surface area contributed by atoms with Crippen LogP contribution in [0.15, 0.2) is 42.5 Å². The molecular weight excluding hydrogens is 369 g/mol. The van der Waals surface area contributed by atoms with Crippen molar-refractivity contribution in [3.05, 3.63) is 48.0 Å². The van der Waals surface area contributed by atoms with E-state index in [2.05, 4.69) is 5.32 Å². The van der Waals surface area contributed by atoms with Gasteiger partial charge < -0.3 is 10.4 Å². The predicted molar refractivity (Wildman–Crippen MR) is 87.3 cm³/mol. The Hall–Kier alpha value is -3.17. The summed E-state index contributed by atoms with van der Waals surface area (Å²) in [6, 6.07) is 9.75. The Morgan fingerprint density at radius 1 is 1.04 bits per heavy atom. The third-order valence-corrected chi connectivity index (χ3v) is 3.28. The van der Waals surface area contributed by atoms with Crippen LogP contribution in [0, 0.1) is 0 Å². The average molecular weight is 386 g/mol. The lowest BCUT2D eigenvalue weighted by molar-refractivity contribution is -0.192. The van der Waals surface area contributed by atoms with Gasteiger partial charge in [-0.05, 0) is 12.0 Å². The maximum Gasteiger partial charge on any atom is 0.490 e. The van der Waals surface area contributed by atoms with Crippen LogP contribution in [0.1, 0.15) is 12.0 Å². The van der Waals surface area contributed by atoms with E-state index < -0.39 is 12.1 Å². The second-order valence-electron chi connectivity index (χ2n) is 5.30. The third-order valence-electron chi connectivity index (χ3n) is 3.28. The van der Waals surface area contributed by atoms with Crippen molar-refractivity contribution < 1.29 is 37.5 Å². The van der Waals surface area contributed by atoms with E-state index in [-0.39, 0.29) is 30.8 Å². The van der Waals surface area contributed by atoms with E-state index in [4.69, 9.17) is 9.90 Å². The summed E-state index contributed by atoms with van der Waals surface area (Å²) >= 11 is 0. The molecule has 0 radical (unpaired) electrons. The van der Waals surface area contributed by atoms with Crippen LogP contribution in [0.3, 0.4) is 0 Å². The number of carbonyl (C=O) groups excluding carboxylic acids is 3. The molecule has 2 rings (SSSR count). The molecule has 1 aromatic rings. The Morgan fingerprint density at radius 2 is 1.56 bits per heavy atom. The minimum Gasteiger partial charge on any atom is -0.475 e. The number of rotatable bonds is 6. The zero-order valence-electron chi connectivity index (χ0n) is 14.0. The molecule has 7 nitrogen and oxygen atoms in total. The van der Waals surface area contributed by atoms with Crippen molar-refractivity contribution in [1.82, 2.24) is 10.2 Å². The van der Waals surface area contributed by atoms with Crippen LogP contribution >= 0.6 is 0 Å². The van der Waals surface area contributed by atoms with Crippen LogP contribution in [-0.2, 0) is 25.6 Å². The molecule has 0 spiro atoms. The van der Waals surface area contributed by atoms with Gasteiger partial charge in [-0.25, -0.2) is 4.79 Å². The van der Waals surface area contributed by atoms with E-state index >= 15 is 0 Å². The third kappa shape index (κ3) is 8.17. The summed E-state index contributed by atoms with van der Waals surface area (Å²) in [6.45, 7) is 0.495. The highest BCUT2D eigenvalue weighted by Crippen LogP contribution is 2.13. The topological polar surface area (TPSA) is 104 Å². The first-order valence-corrected chi connectivity index (χ1v) is 7.75. The number of aryl methyl sites for hydroxylation is 1. The number of hydrogen-bond donors (Lipinski definition) is 2. The lowest BCUT2D eigenvalue weighted by Gasteiger charge is -2.13. The molecule has 0 bridgehead atoms. The largest absolute Gasteiger partial charge is 0.490 e. The first-order chi connectivity index (χ1) is 12.6. The quantitative estimate of drug-likeness (QED) is 0.717. The monoisotopic (exact) mass is 386 g/mol. The molecule has 1 aliphatic rings. The van der Waals surface area contributed by atoms with Gasteiger partial charge in [-0.15, -0.1) is 0 Å². The Balaban J connectivity index is 0.000000445. The van der Waals surface area contributed by atoms with Crippen LogP contribution in [0.2, 0.25) is 0 Å². The number of nitrogens with zero attached hydrogens (tertiary/aromatic N) is 1. The van der Waals surface area contributed by atoms with E-state index in [9.17, 15) is 27.6 Å². The number of benzene rings is 1. The molecule has 0 saturated carbocycles. The lowest BCUT2D eigenvalue weighted by Crippen LogP contribution is -2.38. The molecule has 0 fully saturated rings. The van der Waals surface area contributed by atoms with E-state index in [1.165, 1.54) is 12.2 Å². The second-order valence-corrected chi connectivity index (χ2v) is 5.30. The molecular formula is C17H17F3N2O5. The fourth-order valence-corrected chi connectivity index (χ4v) is 1.95. The average Bonchev–Trinajstić information content (AvgIpc) is 2.92. The van der Waals surface area contributed by atoms with Gasteiger partial charge in [0.05, 0.1) is 0 Å². The van der Waals surface area contributed by atoms with Gasteiger partial charge in [-0.3, -0.25) is 19.3 Å². The molecule has 0 atom stereocenters. The molecule has 2 N–H and O–H groups in total. The van der Waals surface area contributed by atoms with Crippen molar-refractivity contribution >= 4 is 23.7 Å². The van der Waals surface area contributed by atoms with Crippen LogP contribution < -0.4 is 5.32 Å². The second kappa shape index (κ2) is 10.1. The van der Waals surface area contributed by atoms with Crippen LogP contribution in [-0.4, -0.2) is 53.0 Å². The zero-order valence-corrected chi connectivity index (χ0v) is 14.0. The number of carboxylic acids is 1. The van der Waals surface area contributed by atoms with E-state index in [0.717, 1.165) is 10.5 Å². The highest BCUT2D eigenvalue weighted by atomic mass is 19.4. The van der Waals surface area contributed by atoms with E-state index in [1.807, 2.05) is 30.3 Å². The van der Waals surface area contributed by atoms with Gasteiger partial charge >= 0.3 is 12.1 Å². The molecule has 1 aromatic carbocycles. The Labute approximate surface area is 152 Å². The maximum atomic E-state index is 11.6. The van der Waals surface area contributed by atoms with Crippen molar-refractivity contribution in [2.75, 3.05) is 13.1 Å². The van der Waals surface area contributed by atoms with Crippen molar-refractivity contribution in [2.45, 2.75) is 19.0 Å². The standard InChI is InChI=1S/C15H16N2O3.C2HF3O2/c18-13(7-6-12-4-2-1-3-5-12)16-10-11-17-14(19)8-9-15(17)20;3-2(4,5)1(6)7/h1-5,8-9H,6-7,10-11H2,(H,16,18);(H,6,7). The van der Waals surface area contributed by atoms with Crippen molar-refractivity contribution in [3.63, 3.8) is 0 Å². The van der Waals surface area contributed by atoms with Gasteiger partial charge in [0, 0.05) is 31.7 Å². The smallest absolute Gasteiger partial charge is 0.475 e. The molecule has 0 saturated heterocycles. The fraction of sp³-hybridized carbons (Fsp3) is 0.294. The molecule has 0 aliphatic carbocycles. The van der Waals surface area contributed by atoms with Crippen LogP contribution in [0.25, 0.3) is 0 Å². The number of imide groups is 1. The zero-order chi connectivity index (χ0) is 20.4. The first kappa shape index (κ1) is 21.9. The number of amides is 3. The summed E-state index contributed by atoms with van der Waals surface area (Å²) in [5.74, 6) is -3.49. The Bertz CT molecular complexity index is 699. The van der Waals surface area contributed by atoms with Gasteiger partial charge in [-0.2, -0.15) is 13.2 Å². The van der Waals surface area contributed by atoms with Crippen molar-refractivity contribution in [3.8, 4) is 0 Å². The van der Waals surface area contributed by atoms with E-state index in [1.54, 1.807) is 0 Å². The lowest BCUT2D eigenvalue weighted by atomic mass is 10.1. The number of carboxylic acid groups (broad SMARTS) is 1. The molecule has 0 unspecified atom stereocenters. The van der Waals surface area contributed by atoms with Crippen molar-refractivity contribution in [1.29, 1.82) is 0 Å². The molecule has 10 heteroatoms. The summed E-state index contributed by atoms with van der Waals surface area (Å²) in [5.41, 5.74) is 1.11. The highest BCUT2D eigenvalue weighted by molar-refractivity contribution is 6.12. The van der Waals surface area contributed by atoms with Gasteiger partial charge in [-0.1, -0.05) is 30.3 Å². The molecule has 27 heavy (non-hydrogen) atoms. The van der Waals surface area contributed by atoms with Crippen LogP contribution in [0.5, 0.6) is 0 Å². The van der Waals surface area contributed by atoms with Crippen molar-refractivity contribution in [2.24, 2.45) is 0 Å². The van der Waals surface area contributed by atoms with Crippen LogP contribution in [0.4, 0.5) is 13.2 Å². The number of nitrogens with one attached hydrogen (secondary N) is 1. The number of aliphatic carboxylic acids is 1. The predicted octanol–water partition coefficient (Wildman–Crippen LogP) is 1.29. The van der Waals surface area contributed by atoms with Gasteiger partial charge in [0.1, 0.15) is 0 Å². The number of halogens is 3. The fourth-order valence-electron chi connectivity index (χ4n) is 1.95. The summed E-state index contributed by atoms with van der Waals surface area (Å²) in [6.07, 6.45) is -1.54. The normalized spacial score (nSPS) is 13.2. The SMILES string of the molecule is O=C(CCc1ccccc1)NCCN1C(=O)C=CC1=O.O=C(O)C(F)(F)F. The number of hydrogen-bond acceptors (Lipinski definition) is 4. The molecule has 0 aromatic heterocycles. The minimum absolute atomic E-state index is 0.0825. The molecule has 1 heterocycles. The van der Waals surface area contributed by atoms with E-state index in [0.29, 0.717) is 12.8 Å². The number of carbonyl (C=O) groups is 4. The molecule has 1 aliphatic heterocycles. The van der Waals surface area contributed by atoms with Gasteiger partial charge in [0.15, 0.2) is 0 Å². The Morgan fingerprint density at radius 3 is 2.04 bits per heavy atom. The molecule has 3 amide bonds. The Kier molecular flexibility index (Phi) is 8.18. The minimum atomic E-state index is -5.08. The summed E-state index contributed by atoms with van der Waals surface area (Å²) < 4.78 is 31.7. The van der Waals surface area contributed by atoms with Gasteiger partial charge in [0.25, 0.3) is 11.8 Å². The highest BCUT2D eigenvalue weighted by Gasteiger charge is 2.38. The summed E-state index contributed by atoms with van der Waals surface area (Å²) in [4.78, 5) is 44.2. The molecule has 146 valence electrons. The number of alkyl halides is 3. The first-order valence-electron chi connectivity index (χ1n) is 7.75. The van der Waals surface area contributed by atoms with Gasteiger partial charge in [0.2, 0.25) is 5.91 Å². The summed E-state index contributed by atoms with van der Waals surface area (Å²) in [5, 5.41) is 9.83. The maximum absolute atomic E-state index is 11.6.